The lowest BCUT2D eigenvalue weighted by Gasteiger charge is -2.21. The van der Waals surface area contributed by atoms with Crippen LogP contribution in [0.2, 0.25) is 0 Å². The van der Waals surface area contributed by atoms with Crippen molar-refractivity contribution in [2.24, 2.45) is 0 Å². The Hall–Kier alpha value is -2.08. The fourth-order valence-corrected chi connectivity index (χ4v) is 2.71. The molecule has 6 heteroatoms. The maximum Gasteiger partial charge on any atom is 0.247 e. The third-order valence-corrected chi connectivity index (χ3v) is 3.99. The summed E-state index contributed by atoms with van der Waals surface area (Å²) >= 11 is 0. The van der Waals surface area contributed by atoms with Crippen LogP contribution >= 0.6 is 0 Å². The number of aromatic amines is 2. The summed E-state index contributed by atoms with van der Waals surface area (Å²) in [5.74, 6) is 1.39. The number of ether oxygens (including phenoxy) is 1. The minimum atomic E-state index is -0.0866. The van der Waals surface area contributed by atoms with Gasteiger partial charge in [-0.15, -0.1) is 0 Å². The minimum Gasteiger partial charge on any atom is -0.381 e. The lowest BCUT2D eigenvalue weighted by atomic mass is 9.94. The van der Waals surface area contributed by atoms with Crippen LogP contribution in [0, 0.1) is 6.92 Å². The molecule has 0 aromatic carbocycles. The lowest BCUT2D eigenvalue weighted by Crippen LogP contribution is -2.15. The first-order valence-electron chi connectivity index (χ1n) is 7.28. The molecular weight excluding hydrogens is 268 g/mol. The summed E-state index contributed by atoms with van der Waals surface area (Å²) in [6, 6.07) is 3.34. The van der Waals surface area contributed by atoms with Crippen LogP contribution in [0.4, 0.5) is 5.82 Å². The molecule has 0 spiro atoms. The van der Waals surface area contributed by atoms with E-state index in [4.69, 9.17) is 4.74 Å². The molecule has 1 saturated heterocycles. The normalized spacial score (nSPS) is 16.0. The number of pyridine rings is 1. The van der Waals surface area contributed by atoms with E-state index in [2.05, 4.69) is 27.4 Å². The van der Waals surface area contributed by atoms with Gasteiger partial charge in [0.05, 0.1) is 0 Å². The van der Waals surface area contributed by atoms with Crippen molar-refractivity contribution in [3.8, 4) is 0 Å². The van der Waals surface area contributed by atoms with Gasteiger partial charge in [-0.2, -0.15) is 5.10 Å². The fourth-order valence-electron chi connectivity index (χ4n) is 2.71. The molecule has 3 N–H and O–H groups in total. The van der Waals surface area contributed by atoms with Crippen LogP contribution < -0.4 is 10.9 Å². The number of hydrogen-bond acceptors (Lipinski definition) is 4. The Kier molecular flexibility index (Phi) is 4.06. The van der Waals surface area contributed by atoms with Crippen molar-refractivity contribution >= 4 is 5.82 Å². The Labute approximate surface area is 122 Å². The molecule has 112 valence electrons. The Morgan fingerprint density at radius 2 is 2.19 bits per heavy atom. The predicted octanol–water partition coefficient (Wildman–Crippen LogP) is 1.91. The van der Waals surface area contributed by atoms with Crippen molar-refractivity contribution in [3.05, 3.63) is 45.5 Å². The van der Waals surface area contributed by atoms with Crippen molar-refractivity contribution in [1.29, 1.82) is 0 Å². The number of nitrogens with zero attached hydrogens (tertiary/aromatic N) is 1. The molecule has 6 nitrogen and oxygen atoms in total. The van der Waals surface area contributed by atoms with Crippen LogP contribution in [0.3, 0.4) is 0 Å². The van der Waals surface area contributed by atoms with Crippen LogP contribution in [0.1, 0.15) is 35.6 Å². The van der Waals surface area contributed by atoms with E-state index in [1.54, 1.807) is 6.20 Å². The number of rotatable bonds is 4. The van der Waals surface area contributed by atoms with Gasteiger partial charge in [0.1, 0.15) is 0 Å². The first-order chi connectivity index (χ1) is 10.2. The SMILES string of the molecule is Cc1c(NCc2ccc(=O)[nH]c2)n[nH]c1C1CCOCC1. The van der Waals surface area contributed by atoms with E-state index >= 15 is 0 Å². The van der Waals surface area contributed by atoms with E-state index in [-0.39, 0.29) is 5.56 Å². The van der Waals surface area contributed by atoms with Crippen molar-refractivity contribution in [2.45, 2.75) is 32.2 Å². The molecule has 1 fully saturated rings. The first-order valence-corrected chi connectivity index (χ1v) is 7.28. The summed E-state index contributed by atoms with van der Waals surface area (Å²) in [4.78, 5) is 13.7. The largest absolute Gasteiger partial charge is 0.381 e. The maximum atomic E-state index is 11.0. The van der Waals surface area contributed by atoms with Gasteiger partial charge in [0.2, 0.25) is 5.56 Å². The van der Waals surface area contributed by atoms with Gasteiger partial charge in [0.25, 0.3) is 0 Å². The summed E-state index contributed by atoms with van der Waals surface area (Å²) < 4.78 is 5.40. The van der Waals surface area contributed by atoms with E-state index in [0.717, 1.165) is 37.4 Å². The molecule has 2 aromatic rings. The maximum absolute atomic E-state index is 11.0. The average molecular weight is 288 g/mol. The smallest absolute Gasteiger partial charge is 0.247 e. The van der Waals surface area contributed by atoms with E-state index in [9.17, 15) is 4.79 Å². The van der Waals surface area contributed by atoms with Crippen LogP contribution in [0.5, 0.6) is 0 Å². The fraction of sp³-hybridized carbons (Fsp3) is 0.467. The number of anilines is 1. The van der Waals surface area contributed by atoms with E-state index < -0.39 is 0 Å². The molecule has 0 bridgehead atoms. The standard InChI is InChI=1S/C15H20N4O2/c1-10-14(12-4-6-21-7-5-12)18-19-15(10)17-9-11-2-3-13(20)16-8-11/h2-3,8,12H,4-7,9H2,1H3,(H,16,20)(H2,17,18,19). The minimum absolute atomic E-state index is 0.0866. The van der Waals surface area contributed by atoms with Crippen LogP contribution in [-0.2, 0) is 11.3 Å². The molecule has 3 heterocycles. The Balaban J connectivity index is 1.67. The van der Waals surface area contributed by atoms with Gasteiger partial charge in [0, 0.05) is 49.2 Å². The first kappa shape index (κ1) is 13.9. The second-order valence-electron chi connectivity index (χ2n) is 5.41. The molecule has 1 aliphatic heterocycles. The van der Waals surface area contributed by atoms with Crippen molar-refractivity contribution in [2.75, 3.05) is 18.5 Å². The van der Waals surface area contributed by atoms with Crippen LogP contribution in [0.15, 0.2) is 23.1 Å². The molecule has 0 atom stereocenters. The molecule has 0 saturated carbocycles. The zero-order chi connectivity index (χ0) is 14.7. The van der Waals surface area contributed by atoms with E-state index in [0.29, 0.717) is 12.5 Å². The summed E-state index contributed by atoms with van der Waals surface area (Å²) in [7, 11) is 0. The van der Waals surface area contributed by atoms with Gasteiger partial charge in [0.15, 0.2) is 5.82 Å². The summed E-state index contributed by atoms with van der Waals surface area (Å²) in [6.07, 6.45) is 3.81. The Bertz CT molecular complexity index is 635. The lowest BCUT2D eigenvalue weighted by molar-refractivity contribution is 0.0844. The summed E-state index contributed by atoms with van der Waals surface area (Å²) in [6.45, 7) is 4.37. The second-order valence-corrected chi connectivity index (χ2v) is 5.41. The quantitative estimate of drug-likeness (QED) is 0.802. The molecule has 0 amide bonds. The highest BCUT2D eigenvalue weighted by molar-refractivity contribution is 5.47. The van der Waals surface area contributed by atoms with Crippen molar-refractivity contribution in [3.63, 3.8) is 0 Å². The molecule has 21 heavy (non-hydrogen) atoms. The second kappa shape index (κ2) is 6.13. The van der Waals surface area contributed by atoms with Gasteiger partial charge >= 0.3 is 0 Å². The molecular formula is C15H20N4O2. The van der Waals surface area contributed by atoms with Gasteiger partial charge in [-0.25, -0.2) is 0 Å². The van der Waals surface area contributed by atoms with Gasteiger partial charge in [-0.05, 0) is 25.3 Å². The van der Waals surface area contributed by atoms with Crippen molar-refractivity contribution < 1.29 is 4.74 Å². The summed E-state index contributed by atoms with van der Waals surface area (Å²) in [5, 5.41) is 10.9. The molecule has 0 radical (unpaired) electrons. The zero-order valence-electron chi connectivity index (χ0n) is 12.1. The van der Waals surface area contributed by atoms with Gasteiger partial charge in [-0.1, -0.05) is 6.07 Å². The Morgan fingerprint density at radius 3 is 2.90 bits per heavy atom. The monoisotopic (exact) mass is 288 g/mol. The number of aromatic nitrogens is 3. The predicted molar refractivity (Wildman–Crippen MR) is 80.5 cm³/mol. The third-order valence-electron chi connectivity index (χ3n) is 3.99. The molecule has 2 aromatic heterocycles. The summed E-state index contributed by atoms with van der Waals surface area (Å²) in [5.41, 5.74) is 3.31. The topological polar surface area (TPSA) is 82.8 Å². The van der Waals surface area contributed by atoms with Crippen LogP contribution in [-0.4, -0.2) is 28.4 Å². The average Bonchev–Trinajstić information content (AvgIpc) is 2.89. The zero-order valence-corrected chi connectivity index (χ0v) is 12.1. The van der Waals surface area contributed by atoms with Gasteiger partial charge < -0.3 is 15.0 Å². The highest BCUT2D eigenvalue weighted by Gasteiger charge is 2.21. The third kappa shape index (κ3) is 3.16. The van der Waals surface area contributed by atoms with Gasteiger partial charge in [-0.3, -0.25) is 9.89 Å². The molecule has 0 unspecified atom stereocenters. The number of hydrogen-bond donors (Lipinski definition) is 3. The van der Waals surface area contributed by atoms with Crippen LogP contribution in [0.25, 0.3) is 0 Å². The molecule has 3 rings (SSSR count). The molecule has 0 aliphatic carbocycles. The van der Waals surface area contributed by atoms with Crippen molar-refractivity contribution in [1.82, 2.24) is 15.2 Å². The Morgan fingerprint density at radius 1 is 1.38 bits per heavy atom. The highest BCUT2D eigenvalue weighted by Crippen LogP contribution is 2.30. The van der Waals surface area contributed by atoms with E-state index in [1.807, 2.05) is 6.07 Å². The number of H-pyrrole nitrogens is 2. The van der Waals surface area contributed by atoms with E-state index in [1.165, 1.54) is 17.3 Å². The highest BCUT2D eigenvalue weighted by atomic mass is 16.5. The molecule has 1 aliphatic rings. The number of nitrogens with one attached hydrogen (secondary N) is 3.